The molecule has 0 heterocycles. The van der Waals surface area contributed by atoms with Crippen molar-refractivity contribution in [1.82, 2.24) is 0 Å². The zero-order valence-corrected chi connectivity index (χ0v) is 13.3. The molecule has 0 aliphatic heterocycles. The summed E-state index contributed by atoms with van der Waals surface area (Å²) in [6.45, 7) is 0. The zero-order chi connectivity index (χ0) is 15.2. The fourth-order valence-corrected chi connectivity index (χ4v) is 1.96. The van der Waals surface area contributed by atoms with Gasteiger partial charge >= 0.3 is 5.97 Å². The van der Waals surface area contributed by atoms with E-state index in [1.165, 1.54) is 0 Å². The van der Waals surface area contributed by atoms with E-state index >= 15 is 0 Å². The van der Waals surface area contributed by atoms with Crippen LogP contribution in [-0.4, -0.2) is 5.97 Å². The van der Waals surface area contributed by atoms with E-state index in [2.05, 4.69) is 10.2 Å². The average molecular weight is 346 g/mol. The largest absolute Gasteiger partial charge is 0.426 e. The predicted octanol–water partition coefficient (Wildman–Crippen LogP) is 4.75. The minimum atomic E-state index is -0.294. The molecule has 0 saturated heterocycles. The number of azo groups is 1. The molecule has 4 nitrogen and oxygen atoms in total. The summed E-state index contributed by atoms with van der Waals surface area (Å²) in [5.41, 5.74) is 1.49. The monoisotopic (exact) mass is 346 g/mol. The van der Waals surface area contributed by atoms with Gasteiger partial charge in [0.05, 0.1) is 17.3 Å². The van der Waals surface area contributed by atoms with Crippen molar-refractivity contribution < 1.29 is 26.6 Å². The molecule has 0 bridgehead atoms. The Morgan fingerprint density at radius 2 is 1.39 bits per heavy atom. The second kappa shape index (κ2) is 8.22. The maximum absolute atomic E-state index is 11.8. The Kier molecular flexibility index (Phi) is 6.03. The molecule has 0 N–H and O–H groups in total. The van der Waals surface area contributed by atoms with Gasteiger partial charge in [-0.25, -0.2) is 0 Å². The van der Waals surface area contributed by atoms with Gasteiger partial charge in [-0.1, -0.05) is 42.5 Å². The standard InChI is InChI=1S/C18H14N2O2.Fe/c21-18(14-6-4-5-7-14)22-17-12-10-16(11-13-17)20-19-15-8-2-1-3-9-15;/h1-14H;/b20-19+;. The summed E-state index contributed by atoms with van der Waals surface area (Å²) in [6.07, 6.45) is 7.26. The van der Waals surface area contributed by atoms with E-state index in [0.717, 1.165) is 5.69 Å². The van der Waals surface area contributed by atoms with Crippen LogP contribution in [0.15, 0.2) is 89.1 Å². The first-order chi connectivity index (χ1) is 10.8. The van der Waals surface area contributed by atoms with Crippen LogP contribution in [0.4, 0.5) is 11.4 Å². The molecule has 1 aliphatic rings. The van der Waals surface area contributed by atoms with Crippen molar-refractivity contribution in [3.05, 3.63) is 78.9 Å². The van der Waals surface area contributed by atoms with Crippen LogP contribution < -0.4 is 4.74 Å². The van der Waals surface area contributed by atoms with Crippen molar-refractivity contribution >= 4 is 17.3 Å². The number of benzene rings is 2. The SMILES string of the molecule is O=C(Oc1ccc(/N=N/c2ccccc2)cc1)C1C=CC=C1.[Fe]. The third kappa shape index (κ3) is 4.74. The number of allylic oxidation sites excluding steroid dienone is 2. The Morgan fingerprint density at radius 1 is 0.826 bits per heavy atom. The van der Waals surface area contributed by atoms with E-state index in [0.29, 0.717) is 11.4 Å². The third-order valence-electron chi connectivity index (χ3n) is 3.11. The smallest absolute Gasteiger partial charge is 0.322 e. The molecule has 0 fully saturated rings. The molecule has 0 amide bonds. The van der Waals surface area contributed by atoms with Gasteiger partial charge in [0.15, 0.2) is 0 Å². The van der Waals surface area contributed by atoms with Gasteiger partial charge in [-0.2, -0.15) is 10.2 Å². The summed E-state index contributed by atoms with van der Waals surface area (Å²) in [5, 5.41) is 8.27. The first-order valence-corrected chi connectivity index (χ1v) is 6.95. The minimum Gasteiger partial charge on any atom is -0.426 e. The Labute approximate surface area is 145 Å². The predicted molar refractivity (Wildman–Crippen MR) is 84.5 cm³/mol. The Hall–Kier alpha value is -2.49. The van der Waals surface area contributed by atoms with Crippen LogP contribution in [0, 0.1) is 5.92 Å². The molecule has 5 heteroatoms. The second-order valence-corrected chi connectivity index (χ2v) is 4.75. The fraction of sp³-hybridized carbons (Fsp3) is 0.0556. The van der Waals surface area contributed by atoms with Gasteiger partial charge in [0.2, 0.25) is 0 Å². The molecule has 2 aromatic rings. The summed E-state index contributed by atoms with van der Waals surface area (Å²) in [7, 11) is 0. The summed E-state index contributed by atoms with van der Waals surface area (Å²) >= 11 is 0. The number of carbonyl (C=O) groups excluding carboxylic acids is 1. The van der Waals surface area contributed by atoms with E-state index in [1.807, 2.05) is 42.5 Å². The van der Waals surface area contributed by atoms with Crippen molar-refractivity contribution in [2.24, 2.45) is 16.1 Å². The summed E-state index contributed by atoms with van der Waals surface area (Å²) < 4.78 is 5.30. The molecule has 0 saturated carbocycles. The molecule has 116 valence electrons. The van der Waals surface area contributed by atoms with Crippen molar-refractivity contribution in [1.29, 1.82) is 0 Å². The van der Waals surface area contributed by atoms with Gasteiger partial charge in [0, 0.05) is 17.1 Å². The van der Waals surface area contributed by atoms with Crippen LogP contribution >= 0.6 is 0 Å². The number of rotatable bonds is 4. The number of hydrogen-bond donors (Lipinski definition) is 0. The molecule has 0 radical (unpaired) electrons. The molecule has 1 aliphatic carbocycles. The maximum atomic E-state index is 11.8. The van der Waals surface area contributed by atoms with Crippen LogP contribution in [0.1, 0.15) is 0 Å². The van der Waals surface area contributed by atoms with Gasteiger partial charge in [-0.15, -0.1) is 0 Å². The molecule has 0 atom stereocenters. The minimum absolute atomic E-state index is 0. The van der Waals surface area contributed by atoms with Gasteiger partial charge in [0.25, 0.3) is 0 Å². The van der Waals surface area contributed by atoms with Gasteiger partial charge in [0.1, 0.15) is 5.75 Å². The number of carbonyl (C=O) groups is 1. The molecule has 0 unspecified atom stereocenters. The van der Waals surface area contributed by atoms with E-state index in [-0.39, 0.29) is 29.0 Å². The third-order valence-corrected chi connectivity index (χ3v) is 3.11. The molecule has 3 rings (SSSR count). The van der Waals surface area contributed by atoms with E-state index < -0.39 is 0 Å². The summed E-state index contributed by atoms with van der Waals surface area (Å²) in [4.78, 5) is 11.8. The Bertz CT molecular complexity index is 725. The number of nitrogens with zero attached hydrogens (tertiary/aromatic N) is 2. The van der Waals surface area contributed by atoms with Crippen molar-refractivity contribution in [3.8, 4) is 5.75 Å². The normalized spacial score (nSPS) is 13.2. The van der Waals surface area contributed by atoms with Crippen LogP contribution in [0.3, 0.4) is 0 Å². The van der Waals surface area contributed by atoms with Crippen molar-refractivity contribution in [2.45, 2.75) is 0 Å². The molecule has 23 heavy (non-hydrogen) atoms. The quantitative estimate of drug-likeness (QED) is 0.347. The zero-order valence-electron chi connectivity index (χ0n) is 12.1. The maximum Gasteiger partial charge on any atom is 0.322 e. The van der Waals surface area contributed by atoms with Gasteiger partial charge in [-0.3, -0.25) is 4.79 Å². The van der Waals surface area contributed by atoms with Crippen molar-refractivity contribution in [3.63, 3.8) is 0 Å². The summed E-state index contributed by atoms with van der Waals surface area (Å²) in [6, 6.07) is 16.4. The number of ether oxygens (including phenoxy) is 1. The molecule has 2 aromatic carbocycles. The fourth-order valence-electron chi connectivity index (χ4n) is 1.96. The molecular formula is C18H14FeN2O2. The number of hydrogen-bond acceptors (Lipinski definition) is 4. The van der Waals surface area contributed by atoms with Crippen LogP contribution in [-0.2, 0) is 21.9 Å². The van der Waals surface area contributed by atoms with Crippen molar-refractivity contribution in [2.75, 3.05) is 0 Å². The average Bonchev–Trinajstić information content (AvgIpc) is 3.10. The van der Waals surface area contributed by atoms with E-state index in [1.54, 1.807) is 36.4 Å². The molecule has 0 aromatic heterocycles. The van der Waals surface area contributed by atoms with Crippen LogP contribution in [0.2, 0.25) is 0 Å². The Balaban J connectivity index is 0.00000192. The van der Waals surface area contributed by atoms with Gasteiger partial charge < -0.3 is 4.74 Å². The van der Waals surface area contributed by atoms with Crippen LogP contribution in [0.25, 0.3) is 0 Å². The van der Waals surface area contributed by atoms with E-state index in [4.69, 9.17) is 4.74 Å². The first kappa shape index (κ1) is 16.9. The first-order valence-electron chi connectivity index (χ1n) is 6.95. The van der Waals surface area contributed by atoms with E-state index in [9.17, 15) is 4.79 Å². The number of esters is 1. The van der Waals surface area contributed by atoms with Crippen LogP contribution in [0.5, 0.6) is 5.75 Å². The topological polar surface area (TPSA) is 51.0 Å². The van der Waals surface area contributed by atoms with Gasteiger partial charge in [-0.05, 0) is 36.4 Å². The Morgan fingerprint density at radius 3 is 2.00 bits per heavy atom. The molecule has 0 spiro atoms. The second-order valence-electron chi connectivity index (χ2n) is 4.75. The summed E-state index contributed by atoms with van der Waals surface area (Å²) in [5.74, 6) is -0.0848. The molecular weight excluding hydrogens is 332 g/mol.